The lowest BCUT2D eigenvalue weighted by atomic mass is 9.98. The average Bonchev–Trinajstić information content (AvgIpc) is 2.66. The average molecular weight is 387 g/mol. The number of nitrogens with zero attached hydrogens (tertiary/aromatic N) is 1. The van der Waals surface area contributed by atoms with Crippen LogP contribution >= 0.6 is 0 Å². The summed E-state index contributed by atoms with van der Waals surface area (Å²) in [6.45, 7) is 1.80. The first-order valence-corrected chi connectivity index (χ1v) is 8.34. The Labute approximate surface area is 158 Å². The second-order valence-corrected chi connectivity index (χ2v) is 6.17. The van der Waals surface area contributed by atoms with Gasteiger partial charge in [-0.2, -0.15) is 13.2 Å². The number of benzene rings is 1. The molecule has 3 rings (SSSR count). The van der Waals surface area contributed by atoms with Gasteiger partial charge in [-0.05, 0) is 42.3 Å². The molecular formula is C20H16F3N3O2. The van der Waals surface area contributed by atoms with E-state index in [1.807, 2.05) is 0 Å². The minimum atomic E-state index is -4.45. The Morgan fingerprint density at radius 3 is 2.39 bits per heavy atom. The van der Waals surface area contributed by atoms with Crippen molar-refractivity contribution in [3.63, 3.8) is 0 Å². The molecule has 0 unspecified atom stereocenters. The molecule has 0 radical (unpaired) electrons. The van der Waals surface area contributed by atoms with Crippen LogP contribution < -0.4 is 10.9 Å². The number of hydrogen-bond donors (Lipinski definition) is 2. The summed E-state index contributed by atoms with van der Waals surface area (Å²) < 4.78 is 38.6. The van der Waals surface area contributed by atoms with Crippen molar-refractivity contribution in [2.24, 2.45) is 0 Å². The van der Waals surface area contributed by atoms with Crippen molar-refractivity contribution >= 4 is 5.91 Å². The predicted octanol–water partition coefficient (Wildman–Crippen LogP) is 3.62. The molecule has 144 valence electrons. The molecule has 3 aromatic rings. The molecule has 2 heterocycles. The zero-order chi connectivity index (χ0) is 20.3. The number of carbonyl (C=O) groups is 1. The minimum Gasteiger partial charge on any atom is -0.339 e. The van der Waals surface area contributed by atoms with Crippen LogP contribution in [0.15, 0.2) is 65.7 Å². The van der Waals surface area contributed by atoms with Gasteiger partial charge >= 0.3 is 6.18 Å². The fourth-order valence-electron chi connectivity index (χ4n) is 2.74. The van der Waals surface area contributed by atoms with Crippen LogP contribution in [0.1, 0.15) is 38.8 Å². The Morgan fingerprint density at radius 2 is 1.82 bits per heavy atom. The van der Waals surface area contributed by atoms with Crippen LogP contribution in [0.4, 0.5) is 13.2 Å². The Hall–Kier alpha value is -3.42. The number of rotatable bonds is 4. The van der Waals surface area contributed by atoms with Crippen molar-refractivity contribution in [1.29, 1.82) is 0 Å². The van der Waals surface area contributed by atoms with Crippen molar-refractivity contribution in [3.05, 3.63) is 99.2 Å². The number of hydrogen-bond acceptors (Lipinski definition) is 3. The van der Waals surface area contributed by atoms with E-state index in [1.165, 1.54) is 30.5 Å². The molecule has 2 aromatic heterocycles. The molecular weight excluding hydrogens is 371 g/mol. The fraction of sp³-hybridized carbons (Fsp3) is 0.150. The number of nitrogens with one attached hydrogen (secondary N) is 2. The van der Waals surface area contributed by atoms with E-state index < -0.39 is 23.7 Å². The summed E-state index contributed by atoms with van der Waals surface area (Å²) >= 11 is 0. The lowest BCUT2D eigenvalue weighted by Crippen LogP contribution is -2.31. The van der Waals surface area contributed by atoms with E-state index in [2.05, 4.69) is 15.3 Å². The molecule has 0 aliphatic rings. The maximum atomic E-state index is 12.9. The monoisotopic (exact) mass is 387 g/mol. The zero-order valence-electron chi connectivity index (χ0n) is 14.7. The normalized spacial score (nSPS) is 12.4. The van der Waals surface area contributed by atoms with Gasteiger partial charge < -0.3 is 10.3 Å². The van der Waals surface area contributed by atoms with Gasteiger partial charge in [0.2, 0.25) is 5.56 Å². The molecule has 28 heavy (non-hydrogen) atoms. The SMILES string of the molecule is Cc1cccnc1[C@@H](NC(=O)c1ccc(=O)[nH]c1)c1ccc(C(F)(F)F)cc1. The molecule has 8 heteroatoms. The summed E-state index contributed by atoms with van der Waals surface area (Å²) in [5.41, 5.74) is 0.822. The molecule has 0 bridgehead atoms. The maximum absolute atomic E-state index is 12.9. The number of pyridine rings is 2. The van der Waals surface area contributed by atoms with Gasteiger partial charge in [0.1, 0.15) is 0 Å². The van der Waals surface area contributed by atoms with Gasteiger partial charge in [-0.1, -0.05) is 18.2 Å². The summed E-state index contributed by atoms with van der Waals surface area (Å²) in [4.78, 5) is 30.5. The molecule has 0 saturated heterocycles. The summed E-state index contributed by atoms with van der Waals surface area (Å²) in [6, 6.07) is 9.90. The Balaban J connectivity index is 1.98. The molecule has 0 aliphatic heterocycles. The van der Waals surface area contributed by atoms with E-state index in [1.54, 1.807) is 25.3 Å². The third-order valence-corrected chi connectivity index (χ3v) is 4.22. The molecule has 0 fully saturated rings. The summed E-state index contributed by atoms with van der Waals surface area (Å²) in [7, 11) is 0. The van der Waals surface area contributed by atoms with E-state index >= 15 is 0 Å². The largest absolute Gasteiger partial charge is 0.416 e. The van der Waals surface area contributed by atoms with Crippen LogP contribution in [0.25, 0.3) is 0 Å². The topological polar surface area (TPSA) is 74.8 Å². The molecule has 0 aliphatic carbocycles. The Bertz CT molecular complexity index is 1020. The van der Waals surface area contributed by atoms with Gasteiger partial charge in [0.05, 0.1) is 22.9 Å². The van der Waals surface area contributed by atoms with Gasteiger partial charge in [0.15, 0.2) is 0 Å². The number of H-pyrrole nitrogens is 1. The number of aromatic amines is 1. The molecule has 2 N–H and O–H groups in total. The van der Waals surface area contributed by atoms with Crippen molar-refractivity contribution in [3.8, 4) is 0 Å². The van der Waals surface area contributed by atoms with E-state index in [9.17, 15) is 22.8 Å². The van der Waals surface area contributed by atoms with E-state index in [0.717, 1.165) is 17.7 Å². The fourth-order valence-corrected chi connectivity index (χ4v) is 2.74. The highest BCUT2D eigenvalue weighted by atomic mass is 19.4. The number of carbonyl (C=O) groups excluding carboxylic acids is 1. The number of aryl methyl sites for hydroxylation is 1. The number of aromatic nitrogens is 2. The predicted molar refractivity (Wildman–Crippen MR) is 96.8 cm³/mol. The van der Waals surface area contributed by atoms with Crippen molar-refractivity contribution < 1.29 is 18.0 Å². The first-order chi connectivity index (χ1) is 13.3. The summed E-state index contributed by atoms with van der Waals surface area (Å²) in [6.07, 6.45) is -1.63. The second kappa shape index (κ2) is 7.67. The summed E-state index contributed by atoms with van der Waals surface area (Å²) in [5, 5.41) is 2.78. The van der Waals surface area contributed by atoms with Crippen molar-refractivity contribution in [1.82, 2.24) is 15.3 Å². The highest BCUT2D eigenvalue weighted by molar-refractivity contribution is 5.94. The Morgan fingerprint density at radius 1 is 1.11 bits per heavy atom. The minimum absolute atomic E-state index is 0.213. The second-order valence-electron chi connectivity index (χ2n) is 6.17. The van der Waals surface area contributed by atoms with Gasteiger partial charge in [0, 0.05) is 18.5 Å². The van der Waals surface area contributed by atoms with Crippen LogP contribution in [0.2, 0.25) is 0 Å². The standard InChI is InChI=1S/C20H16F3N3O2/c1-12-3-2-10-24-17(12)18(13-4-7-15(8-5-13)20(21,22)23)26-19(28)14-6-9-16(27)25-11-14/h2-11,18H,1H3,(H,25,27)(H,26,28)/t18-/m0/s1. The van der Waals surface area contributed by atoms with Gasteiger partial charge in [-0.15, -0.1) is 0 Å². The van der Waals surface area contributed by atoms with Gasteiger partial charge in [-0.25, -0.2) is 0 Å². The van der Waals surface area contributed by atoms with Crippen LogP contribution in [-0.2, 0) is 6.18 Å². The smallest absolute Gasteiger partial charge is 0.339 e. The molecule has 5 nitrogen and oxygen atoms in total. The van der Waals surface area contributed by atoms with Crippen LogP contribution in [-0.4, -0.2) is 15.9 Å². The zero-order valence-corrected chi connectivity index (χ0v) is 14.7. The molecule has 0 saturated carbocycles. The number of alkyl halides is 3. The number of halogens is 3. The Kier molecular flexibility index (Phi) is 5.30. The first kappa shape index (κ1) is 19.3. The molecule has 0 spiro atoms. The lowest BCUT2D eigenvalue weighted by Gasteiger charge is -2.21. The van der Waals surface area contributed by atoms with Crippen LogP contribution in [0.5, 0.6) is 0 Å². The third-order valence-electron chi connectivity index (χ3n) is 4.22. The highest BCUT2D eigenvalue weighted by Gasteiger charge is 2.30. The first-order valence-electron chi connectivity index (χ1n) is 8.34. The molecule has 1 atom stereocenters. The quantitative estimate of drug-likeness (QED) is 0.718. The van der Waals surface area contributed by atoms with E-state index in [4.69, 9.17) is 0 Å². The molecule has 1 amide bonds. The van der Waals surface area contributed by atoms with Gasteiger partial charge in [0.25, 0.3) is 5.91 Å². The maximum Gasteiger partial charge on any atom is 0.416 e. The number of amides is 1. The highest BCUT2D eigenvalue weighted by Crippen LogP contribution is 2.31. The third kappa shape index (κ3) is 4.28. The van der Waals surface area contributed by atoms with Crippen LogP contribution in [0, 0.1) is 6.92 Å². The van der Waals surface area contributed by atoms with E-state index in [-0.39, 0.29) is 11.1 Å². The lowest BCUT2D eigenvalue weighted by molar-refractivity contribution is -0.137. The van der Waals surface area contributed by atoms with Crippen LogP contribution in [0.3, 0.4) is 0 Å². The van der Waals surface area contributed by atoms with E-state index in [0.29, 0.717) is 11.3 Å². The van der Waals surface area contributed by atoms with Crippen molar-refractivity contribution in [2.75, 3.05) is 0 Å². The molecule has 1 aromatic carbocycles. The van der Waals surface area contributed by atoms with Gasteiger partial charge in [-0.3, -0.25) is 14.6 Å². The summed E-state index contributed by atoms with van der Waals surface area (Å²) in [5.74, 6) is -0.494. The van der Waals surface area contributed by atoms with Crippen molar-refractivity contribution in [2.45, 2.75) is 19.1 Å².